The number of aliphatic carboxylic acids is 1. The first-order chi connectivity index (χ1) is 11.9. The van der Waals surface area contributed by atoms with Gasteiger partial charge in [-0.05, 0) is 24.5 Å². The van der Waals surface area contributed by atoms with Crippen LogP contribution in [0.25, 0.3) is 0 Å². The van der Waals surface area contributed by atoms with Crippen LogP contribution in [-0.2, 0) is 14.4 Å². The van der Waals surface area contributed by atoms with Crippen LogP contribution in [0, 0.1) is 5.92 Å². The van der Waals surface area contributed by atoms with Crippen LogP contribution in [0.1, 0.15) is 33.1 Å². The first-order valence-corrected chi connectivity index (χ1v) is 8.59. The molecule has 136 valence electrons. The minimum Gasteiger partial charge on any atom is -0.480 e. The SMILES string of the molecule is CC[C@H](C)[C@H](NCC(=O)Nc1ccccc1N1CCCC1=O)C(=O)O. The Morgan fingerprint density at radius 1 is 1.32 bits per heavy atom. The van der Waals surface area contributed by atoms with E-state index in [9.17, 15) is 19.5 Å². The predicted octanol–water partition coefficient (Wildman–Crippen LogP) is 1.84. The summed E-state index contributed by atoms with van der Waals surface area (Å²) in [6, 6.07) is 6.37. The van der Waals surface area contributed by atoms with E-state index in [2.05, 4.69) is 10.6 Å². The summed E-state index contributed by atoms with van der Waals surface area (Å²) >= 11 is 0. The van der Waals surface area contributed by atoms with Crippen LogP contribution >= 0.6 is 0 Å². The van der Waals surface area contributed by atoms with E-state index in [1.807, 2.05) is 19.9 Å². The number of carbonyl (C=O) groups is 3. The van der Waals surface area contributed by atoms with Crippen LogP contribution in [0.4, 0.5) is 11.4 Å². The Morgan fingerprint density at radius 3 is 2.64 bits per heavy atom. The smallest absolute Gasteiger partial charge is 0.320 e. The second-order valence-corrected chi connectivity index (χ2v) is 6.30. The maximum atomic E-state index is 12.2. The normalized spacial score (nSPS) is 16.6. The Morgan fingerprint density at radius 2 is 2.04 bits per heavy atom. The number of rotatable bonds is 8. The molecule has 0 saturated carbocycles. The van der Waals surface area contributed by atoms with E-state index < -0.39 is 12.0 Å². The zero-order valence-corrected chi connectivity index (χ0v) is 14.6. The molecule has 0 spiro atoms. The van der Waals surface area contributed by atoms with E-state index in [1.165, 1.54) is 0 Å². The first-order valence-electron chi connectivity index (χ1n) is 8.59. The average molecular weight is 347 g/mol. The van der Waals surface area contributed by atoms with Crippen molar-refractivity contribution < 1.29 is 19.5 Å². The number of amides is 2. The van der Waals surface area contributed by atoms with Crippen molar-refractivity contribution in [3.63, 3.8) is 0 Å². The number of hydrogen-bond donors (Lipinski definition) is 3. The van der Waals surface area contributed by atoms with E-state index in [4.69, 9.17) is 0 Å². The molecule has 1 aliphatic heterocycles. The fraction of sp³-hybridized carbons (Fsp3) is 0.500. The minimum absolute atomic E-state index is 0.0440. The lowest BCUT2D eigenvalue weighted by Crippen LogP contribution is -2.45. The van der Waals surface area contributed by atoms with Crippen LogP contribution in [0.3, 0.4) is 0 Å². The Hall–Kier alpha value is -2.41. The van der Waals surface area contributed by atoms with Crippen molar-refractivity contribution in [1.82, 2.24) is 5.32 Å². The summed E-state index contributed by atoms with van der Waals surface area (Å²) in [6.07, 6.45) is 2.02. The van der Waals surface area contributed by atoms with Crippen LogP contribution in [-0.4, -0.2) is 42.0 Å². The minimum atomic E-state index is -0.967. The van der Waals surface area contributed by atoms with Crippen molar-refractivity contribution in [2.45, 2.75) is 39.2 Å². The van der Waals surface area contributed by atoms with Gasteiger partial charge in [0.15, 0.2) is 0 Å². The molecule has 1 heterocycles. The van der Waals surface area contributed by atoms with Gasteiger partial charge in [0.1, 0.15) is 6.04 Å². The predicted molar refractivity (Wildman–Crippen MR) is 95.5 cm³/mol. The quantitative estimate of drug-likeness (QED) is 0.666. The van der Waals surface area contributed by atoms with Crippen LogP contribution < -0.4 is 15.5 Å². The van der Waals surface area contributed by atoms with Gasteiger partial charge in [-0.3, -0.25) is 19.7 Å². The van der Waals surface area contributed by atoms with Gasteiger partial charge in [-0.25, -0.2) is 0 Å². The van der Waals surface area contributed by atoms with Crippen molar-refractivity contribution in [3.8, 4) is 0 Å². The lowest BCUT2D eigenvalue weighted by molar-refractivity contribution is -0.140. The lowest BCUT2D eigenvalue weighted by Gasteiger charge is -2.21. The molecule has 25 heavy (non-hydrogen) atoms. The molecular weight excluding hydrogens is 322 g/mol. The summed E-state index contributed by atoms with van der Waals surface area (Å²) in [7, 11) is 0. The zero-order chi connectivity index (χ0) is 18.4. The highest BCUT2D eigenvalue weighted by atomic mass is 16.4. The van der Waals surface area contributed by atoms with Crippen LogP contribution in [0.15, 0.2) is 24.3 Å². The molecule has 7 nitrogen and oxygen atoms in total. The molecule has 1 aromatic rings. The third-order valence-electron chi connectivity index (χ3n) is 4.50. The van der Waals surface area contributed by atoms with Gasteiger partial charge in [0, 0.05) is 13.0 Å². The highest BCUT2D eigenvalue weighted by Gasteiger charge is 2.25. The van der Waals surface area contributed by atoms with Gasteiger partial charge in [-0.2, -0.15) is 0 Å². The molecule has 0 aliphatic carbocycles. The van der Waals surface area contributed by atoms with Gasteiger partial charge >= 0.3 is 5.97 Å². The molecule has 0 radical (unpaired) electrons. The van der Waals surface area contributed by atoms with Crippen LogP contribution in [0.2, 0.25) is 0 Å². The van der Waals surface area contributed by atoms with Gasteiger partial charge in [0.05, 0.1) is 17.9 Å². The molecule has 7 heteroatoms. The molecule has 0 unspecified atom stereocenters. The molecule has 2 rings (SSSR count). The third-order valence-corrected chi connectivity index (χ3v) is 4.50. The number of nitrogens with zero attached hydrogens (tertiary/aromatic N) is 1. The van der Waals surface area contributed by atoms with E-state index in [0.717, 1.165) is 6.42 Å². The van der Waals surface area contributed by atoms with Crippen molar-refractivity contribution in [2.24, 2.45) is 5.92 Å². The fourth-order valence-corrected chi connectivity index (χ4v) is 2.88. The number of anilines is 2. The van der Waals surface area contributed by atoms with Crippen molar-refractivity contribution in [3.05, 3.63) is 24.3 Å². The summed E-state index contributed by atoms with van der Waals surface area (Å²) in [5.74, 6) is -1.35. The number of carboxylic acids is 1. The highest BCUT2D eigenvalue weighted by Crippen LogP contribution is 2.29. The summed E-state index contributed by atoms with van der Waals surface area (Å²) in [4.78, 5) is 37.1. The lowest BCUT2D eigenvalue weighted by atomic mass is 9.99. The standard InChI is InChI=1S/C18H25N3O4/c1-3-12(2)17(18(24)25)19-11-15(22)20-13-7-4-5-8-14(13)21-10-6-9-16(21)23/h4-5,7-8,12,17,19H,3,6,9-11H2,1-2H3,(H,20,22)(H,24,25)/t12-,17-/m0/s1. The van der Waals surface area contributed by atoms with Gasteiger partial charge in [0.25, 0.3) is 0 Å². The van der Waals surface area contributed by atoms with E-state index in [1.54, 1.807) is 23.1 Å². The zero-order valence-electron chi connectivity index (χ0n) is 14.6. The Bertz CT molecular complexity index is 647. The molecule has 1 aliphatic rings. The summed E-state index contributed by atoms with van der Waals surface area (Å²) in [6.45, 7) is 4.27. The number of para-hydroxylation sites is 2. The monoisotopic (exact) mass is 347 g/mol. The average Bonchev–Trinajstić information content (AvgIpc) is 3.00. The molecule has 0 aromatic heterocycles. The second-order valence-electron chi connectivity index (χ2n) is 6.30. The van der Waals surface area contributed by atoms with Gasteiger partial charge in [-0.1, -0.05) is 32.4 Å². The number of benzene rings is 1. The topological polar surface area (TPSA) is 98.7 Å². The maximum absolute atomic E-state index is 12.2. The number of carbonyl (C=O) groups excluding carboxylic acids is 2. The highest BCUT2D eigenvalue weighted by molar-refractivity contribution is 6.02. The van der Waals surface area contributed by atoms with Crippen molar-refractivity contribution in [1.29, 1.82) is 0 Å². The second kappa shape index (κ2) is 8.62. The largest absolute Gasteiger partial charge is 0.480 e. The molecule has 0 bridgehead atoms. The molecule has 1 aromatic carbocycles. The molecular formula is C18H25N3O4. The molecule has 2 amide bonds. The summed E-state index contributed by atoms with van der Waals surface area (Å²) in [5, 5.41) is 14.8. The van der Waals surface area contributed by atoms with Gasteiger partial charge < -0.3 is 15.3 Å². The van der Waals surface area contributed by atoms with E-state index in [-0.39, 0.29) is 24.3 Å². The molecule has 1 saturated heterocycles. The fourth-order valence-electron chi connectivity index (χ4n) is 2.88. The van der Waals surface area contributed by atoms with Gasteiger partial charge in [-0.15, -0.1) is 0 Å². The van der Waals surface area contributed by atoms with E-state index >= 15 is 0 Å². The Balaban J connectivity index is 2.01. The summed E-state index contributed by atoms with van der Waals surface area (Å²) in [5.41, 5.74) is 1.23. The maximum Gasteiger partial charge on any atom is 0.320 e. The number of nitrogens with one attached hydrogen (secondary N) is 2. The molecule has 1 fully saturated rings. The Kier molecular flexibility index (Phi) is 6.52. The van der Waals surface area contributed by atoms with E-state index in [0.29, 0.717) is 30.8 Å². The van der Waals surface area contributed by atoms with Crippen molar-refractivity contribution in [2.75, 3.05) is 23.3 Å². The summed E-state index contributed by atoms with van der Waals surface area (Å²) < 4.78 is 0. The van der Waals surface area contributed by atoms with Gasteiger partial charge in [0.2, 0.25) is 11.8 Å². The molecule has 3 N–H and O–H groups in total. The molecule has 2 atom stereocenters. The number of carboxylic acid groups (broad SMARTS) is 1. The first kappa shape index (κ1) is 18.9. The van der Waals surface area contributed by atoms with Crippen LogP contribution in [0.5, 0.6) is 0 Å². The van der Waals surface area contributed by atoms with Crippen molar-refractivity contribution >= 4 is 29.2 Å². The Labute approximate surface area is 147 Å². The number of hydrogen-bond acceptors (Lipinski definition) is 4. The third kappa shape index (κ3) is 4.79.